The minimum Gasteiger partial charge on any atom is -0.426 e. The maximum Gasteiger partial charge on any atom is 0.253 e. The van der Waals surface area contributed by atoms with Gasteiger partial charge in [0, 0.05) is 32.0 Å². The van der Waals surface area contributed by atoms with Gasteiger partial charge in [0.1, 0.15) is 0 Å². The number of hydrogen-bond acceptors (Lipinski definition) is 5. The van der Waals surface area contributed by atoms with E-state index in [1.165, 1.54) is 17.1 Å². The van der Waals surface area contributed by atoms with Crippen LogP contribution < -0.4 is 0 Å². The molecule has 6 heteroatoms. The molecule has 0 aliphatic carbocycles. The van der Waals surface area contributed by atoms with E-state index < -0.39 is 0 Å². The highest BCUT2D eigenvalue weighted by atomic mass is 16.4. The number of aromatic nitrogens is 2. The molecule has 96 valence electrons. The van der Waals surface area contributed by atoms with Crippen LogP contribution in [0.15, 0.2) is 16.6 Å². The number of carbonyl (C=O) groups is 2. The molecule has 0 fully saturated rings. The van der Waals surface area contributed by atoms with Gasteiger partial charge in [-0.05, 0) is 12.8 Å². The van der Waals surface area contributed by atoms with Gasteiger partial charge in [0.05, 0.1) is 0 Å². The van der Waals surface area contributed by atoms with Gasteiger partial charge in [0.15, 0.2) is 0 Å². The van der Waals surface area contributed by atoms with E-state index in [1.54, 1.807) is 6.92 Å². The molecular weight excluding hydrogens is 234 g/mol. The molecule has 1 aliphatic rings. The number of nitrogens with zero attached hydrogens (tertiary/aromatic N) is 3. The maximum atomic E-state index is 11.3. The van der Waals surface area contributed by atoms with E-state index in [4.69, 9.17) is 4.42 Å². The van der Waals surface area contributed by atoms with Gasteiger partial charge in [-0.25, -0.2) is 0 Å². The van der Waals surface area contributed by atoms with Gasteiger partial charge in [-0.1, -0.05) is 6.42 Å². The Kier molecular flexibility index (Phi) is 3.86. The van der Waals surface area contributed by atoms with Gasteiger partial charge >= 0.3 is 0 Å². The van der Waals surface area contributed by atoms with Crippen LogP contribution in [-0.2, 0) is 16.0 Å². The predicted octanol–water partition coefficient (Wildman–Crippen LogP) is 1.02. The molecule has 0 spiro atoms. The molecule has 1 aromatic heterocycles. The molecule has 18 heavy (non-hydrogen) atoms. The Balaban J connectivity index is 1.62. The molecule has 0 N–H and O–H groups in total. The summed E-state index contributed by atoms with van der Waals surface area (Å²) in [7, 11) is 0. The molecule has 0 saturated heterocycles. The Morgan fingerprint density at radius 2 is 1.83 bits per heavy atom. The zero-order valence-corrected chi connectivity index (χ0v) is 10.3. The summed E-state index contributed by atoms with van der Waals surface area (Å²) >= 11 is 0. The highest BCUT2D eigenvalue weighted by Gasteiger charge is 2.22. The van der Waals surface area contributed by atoms with Crippen LogP contribution in [0.4, 0.5) is 0 Å². The molecule has 0 radical (unpaired) electrons. The lowest BCUT2D eigenvalue weighted by Gasteiger charge is -2.12. The summed E-state index contributed by atoms with van der Waals surface area (Å²) in [6, 6.07) is 0. The quantitative estimate of drug-likeness (QED) is 0.555. The van der Waals surface area contributed by atoms with Crippen molar-refractivity contribution in [3.8, 4) is 0 Å². The first-order chi connectivity index (χ1) is 8.66. The van der Waals surface area contributed by atoms with Crippen LogP contribution >= 0.6 is 0 Å². The summed E-state index contributed by atoms with van der Waals surface area (Å²) in [6.45, 7) is 2.24. The van der Waals surface area contributed by atoms with Crippen molar-refractivity contribution in [2.75, 3.05) is 6.54 Å². The van der Waals surface area contributed by atoms with Gasteiger partial charge in [0.2, 0.25) is 11.8 Å². The third-order valence-electron chi connectivity index (χ3n) is 2.74. The number of unbranched alkanes of at least 4 members (excludes halogenated alkanes) is 2. The highest BCUT2D eigenvalue weighted by Crippen LogP contribution is 2.09. The van der Waals surface area contributed by atoms with Crippen molar-refractivity contribution in [3.63, 3.8) is 0 Å². The van der Waals surface area contributed by atoms with E-state index in [0.717, 1.165) is 25.7 Å². The Labute approximate surface area is 105 Å². The predicted molar refractivity (Wildman–Crippen MR) is 62.5 cm³/mol. The number of hydrogen-bond donors (Lipinski definition) is 0. The van der Waals surface area contributed by atoms with Crippen LogP contribution in [0.3, 0.4) is 0 Å². The van der Waals surface area contributed by atoms with Gasteiger partial charge in [-0.3, -0.25) is 14.5 Å². The minimum atomic E-state index is -0.215. The Hall–Kier alpha value is -1.98. The number of amides is 2. The molecule has 0 atom stereocenters. The van der Waals surface area contributed by atoms with Crippen molar-refractivity contribution in [2.24, 2.45) is 0 Å². The molecule has 0 aromatic carbocycles. The molecule has 0 bridgehead atoms. The number of imide groups is 1. The largest absolute Gasteiger partial charge is 0.426 e. The molecule has 1 aliphatic heterocycles. The Bertz CT molecular complexity index is 461. The summed E-state index contributed by atoms with van der Waals surface area (Å²) in [4.78, 5) is 23.8. The molecule has 0 saturated carbocycles. The van der Waals surface area contributed by atoms with E-state index in [1.807, 2.05) is 0 Å². The van der Waals surface area contributed by atoms with E-state index in [0.29, 0.717) is 18.3 Å². The van der Waals surface area contributed by atoms with Crippen molar-refractivity contribution in [2.45, 2.75) is 32.6 Å². The van der Waals surface area contributed by atoms with Crippen molar-refractivity contribution >= 4 is 11.8 Å². The van der Waals surface area contributed by atoms with E-state index in [-0.39, 0.29) is 11.8 Å². The van der Waals surface area contributed by atoms with Crippen LogP contribution in [0.1, 0.15) is 31.0 Å². The third-order valence-corrected chi connectivity index (χ3v) is 2.74. The lowest BCUT2D eigenvalue weighted by atomic mass is 10.2. The minimum absolute atomic E-state index is 0.215. The fourth-order valence-electron chi connectivity index (χ4n) is 1.81. The van der Waals surface area contributed by atoms with E-state index in [2.05, 4.69) is 10.2 Å². The highest BCUT2D eigenvalue weighted by molar-refractivity contribution is 6.12. The average molecular weight is 249 g/mol. The lowest BCUT2D eigenvalue weighted by molar-refractivity contribution is -0.136. The SMILES string of the molecule is Cc1nnc(CCCCCN2C(=O)C=CC2=O)o1. The van der Waals surface area contributed by atoms with E-state index >= 15 is 0 Å². The second kappa shape index (κ2) is 5.57. The van der Waals surface area contributed by atoms with Gasteiger partial charge in [-0.15, -0.1) is 10.2 Å². The standard InChI is InChI=1S/C12H15N3O3/c1-9-13-14-10(18-9)5-3-2-4-8-15-11(16)6-7-12(15)17/h6-7H,2-5,8H2,1H3. The molecule has 2 heterocycles. The van der Waals surface area contributed by atoms with Crippen LogP contribution in [0.2, 0.25) is 0 Å². The normalized spacial score (nSPS) is 14.8. The van der Waals surface area contributed by atoms with Crippen LogP contribution in [0, 0.1) is 6.92 Å². The Morgan fingerprint density at radius 1 is 1.11 bits per heavy atom. The first-order valence-electron chi connectivity index (χ1n) is 5.99. The summed E-state index contributed by atoms with van der Waals surface area (Å²) in [5.74, 6) is 0.784. The van der Waals surface area contributed by atoms with Gasteiger partial charge in [-0.2, -0.15) is 0 Å². The summed E-state index contributed by atoms with van der Waals surface area (Å²) in [6.07, 6.45) is 5.98. The van der Waals surface area contributed by atoms with Crippen molar-refractivity contribution in [1.82, 2.24) is 15.1 Å². The zero-order chi connectivity index (χ0) is 13.0. The lowest BCUT2D eigenvalue weighted by Crippen LogP contribution is -2.30. The van der Waals surface area contributed by atoms with Gasteiger partial charge in [0.25, 0.3) is 11.8 Å². The monoisotopic (exact) mass is 249 g/mol. The van der Waals surface area contributed by atoms with Crippen molar-refractivity contribution < 1.29 is 14.0 Å². The number of carbonyl (C=O) groups excluding carboxylic acids is 2. The second-order valence-corrected chi connectivity index (χ2v) is 4.19. The molecule has 1 aromatic rings. The summed E-state index contributed by atoms with van der Waals surface area (Å²) in [5, 5.41) is 7.65. The maximum absolute atomic E-state index is 11.3. The zero-order valence-electron chi connectivity index (χ0n) is 10.3. The fourth-order valence-corrected chi connectivity index (χ4v) is 1.81. The molecule has 6 nitrogen and oxygen atoms in total. The molecular formula is C12H15N3O3. The first kappa shape index (κ1) is 12.5. The third kappa shape index (κ3) is 3.03. The smallest absolute Gasteiger partial charge is 0.253 e. The van der Waals surface area contributed by atoms with E-state index in [9.17, 15) is 9.59 Å². The average Bonchev–Trinajstić information content (AvgIpc) is 2.88. The van der Waals surface area contributed by atoms with Crippen LogP contribution in [0.5, 0.6) is 0 Å². The number of rotatable bonds is 6. The second-order valence-electron chi connectivity index (χ2n) is 4.19. The van der Waals surface area contributed by atoms with Crippen molar-refractivity contribution in [1.29, 1.82) is 0 Å². The van der Waals surface area contributed by atoms with Gasteiger partial charge < -0.3 is 4.42 Å². The molecule has 0 unspecified atom stereocenters. The van der Waals surface area contributed by atoms with Crippen LogP contribution in [0.25, 0.3) is 0 Å². The summed E-state index contributed by atoms with van der Waals surface area (Å²) < 4.78 is 5.25. The molecule has 2 rings (SSSR count). The van der Waals surface area contributed by atoms with Crippen LogP contribution in [-0.4, -0.2) is 33.5 Å². The van der Waals surface area contributed by atoms with Crippen molar-refractivity contribution in [3.05, 3.63) is 23.9 Å². The summed E-state index contributed by atoms with van der Waals surface area (Å²) in [5.41, 5.74) is 0. The molecule has 2 amide bonds. The Morgan fingerprint density at radius 3 is 2.44 bits per heavy atom. The fraction of sp³-hybridized carbons (Fsp3) is 0.500. The number of aryl methyl sites for hydroxylation is 2. The first-order valence-corrected chi connectivity index (χ1v) is 5.99. The topological polar surface area (TPSA) is 76.3 Å².